The molecular weight excluding hydrogens is 268 g/mol. The van der Waals surface area contributed by atoms with Crippen molar-refractivity contribution in [1.29, 1.82) is 0 Å². The molecule has 0 fully saturated rings. The van der Waals surface area contributed by atoms with Crippen molar-refractivity contribution in [3.8, 4) is 0 Å². The van der Waals surface area contributed by atoms with Gasteiger partial charge in [-0.15, -0.1) is 0 Å². The molecule has 114 valence electrons. The number of hydrogen-bond donors (Lipinski definition) is 4. The monoisotopic (exact) mass is 288 g/mol. The molecule has 0 aromatic rings. The van der Waals surface area contributed by atoms with E-state index < -0.39 is 35.8 Å². The number of nitrogens with one attached hydrogen (secondary N) is 2. The number of amides is 2. The van der Waals surface area contributed by atoms with E-state index in [1.807, 2.05) is 0 Å². The summed E-state index contributed by atoms with van der Waals surface area (Å²) < 4.78 is 0. The van der Waals surface area contributed by atoms with Crippen LogP contribution in [0, 0.1) is 5.92 Å². The van der Waals surface area contributed by atoms with Gasteiger partial charge in [-0.05, 0) is 12.3 Å². The Labute approximate surface area is 116 Å². The maximum atomic E-state index is 11.9. The third-order valence-electron chi connectivity index (χ3n) is 2.57. The van der Waals surface area contributed by atoms with E-state index >= 15 is 0 Å². The first-order valence-electron chi connectivity index (χ1n) is 6.17. The molecule has 0 aliphatic heterocycles. The molecule has 8 heteroatoms. The molecule has 0 saturated carbocycles. The average Bonchev–Trinajstić information content (AvgIpc) is 2.29. The number of aliphatic carboxylic acids is 2. The number of carboxylic acids is 2. The Balaban J connectivity index is 4.74. The van der Waals surface area contributed by atoms with Gasteiger partial charge in [-0.25, -0.2) is 4.79 Å². The molecule has 0 spiro atoms. The van der Waals surface area contributed by atoms with Gasteiger partial charge in [-0.2, -0.15) is 0 Å². The summed E-state index contributed by atoms with van der Waals surface area (Å²) in [5, 5.41) is 22.1. The van der Waals surface area contributed by atoms with Gasteiger partial charge < -0.3 is 20.8 Å². The normalized spacial score (nSPS) is 13.4. The minimum atomic E-state index is -1.31. The van der Waals surface area contributed by atoms with Crippen LogP contribution in [0.1, 0.15) is 33.6 Å². The van der Waals surface area contributed by atoms with Crippen LogP contribution in [0.4, 0.5) is 0 Å². The van der Waals surface area contributed by atoms with Crippen LogP contribution < -0.4 is 10.6 Å². The second-order valence-electron chi connectivity index (χ2n) is 4.75. The lowest BCUT2D eigenvalue weighted by atomic mass is 10.0. The number of hydrogen-bond acceptors (Lipinski definition) is 4. The van der Waals surface area contributed by atoms with Crippen molar-refractivity contribution < 1.29 is 29.4 Å². The van der Waals surface area contributed by atoms with Crippen LogP contribution in [0.2, 0.25) is 0 Å². The van der Waals surface area contributed by atoms with E-state index in [0.29, 0.717) is 0 Å². The molecule has 2 amide bonds. The number of rotatable bonds is 8. The minimum absolute atomic E-state index is 0.221. The van der Waals surface area contributed by atoms with Crippen LogP contribution in [-0.4, -0.2) is 46.0 Å². The summed E-state index contributed by atoms with van der Waals surface area (Å²) in [5.74, 6) is -3.74. The van der Waals surface area contributed by atoms with Crippen molar-refractivity contribution in [3.05, 3.63) is 0 Å². The molecule has 0 heterocycles. The molecule has 0 radical (unpaired) electrons. The average molecular weight is 288 g/mol. The first-order chi connectivity index (χ1) is 9.15. The van der Waals surface area contributed by atoms with Crippen molar-refractivity contribution in [2.45, 2.75) is 45.7 Å². The number of carbonyl (C=O) groups excluding carboxylic acids is 2. The fraction of sp³-hybridized carbons (Fsp3) is 0.667. The van der Waals surface area contributed by atoms with Crippen molar-refractivity contribution in [2.75, 3.05) is 0 Å². The van der Waals surface area contributed by atoms with Crippen LogP contribution in [0.5, 0.6) is 0 Å². The Hall–Kier alpha value is -2.12. The number of carboxylic acid groups (broad SMARTS) is 2. The molecule has 20 heavy (non-hydrogen) atoms. The molecule has 8 nitrogen and oxygen atoms in total. The van der Waals surface area contributed by atoms with E-state index in [4.69, 9.17) is 10.2 Å². The maximum Gasteiger partial charge on any atom is 0.326 e. The lowest BCUT2D eigenvalue weighted by Gasteiger charge is -2.23. The van der Waals surface area contributed by atoms with Gasteiger partial charge in [0.1, 0.15) is 12.1 Å². The Morgan fingerprint density at radius 2 is 1.60 bits per heavy atom. The SMILES string of the molecule is CC(=O)N[C@@H](C(=O)N[C@@H](CCC(=O)O)C(=O)O)C(C)C. The zero-order chi connectivity index (χ0) is 15.9. The van der Waals surface area contributed by atoms with Gasteiger partial charge in [0.05, 0.1) is 0 Å². The van der Waals surface area contributed by atoms with Gasteiger partial charge >= 0.3 is 11.9 Å². The highest BCUT2D eigenvalue weighted by atomic mass is 16.4. The largest absolute Gasteiger partial charge is 0.481 e. The third-order valence-corrected chi connectivity index (χ3v) is 2.57. The summed E-state index contributed by atoms with van der Waals surface area (Å²) in [6, 6.07) is -2.16. The molecule has 0 aliphatic carbocycles. The van der Waals surface area contributed by atoms with E-state index in [1.165, 1.54) is 6.92 Å². The quantitative estimate of drug-likeness (QED) is 0.479. The van der Waals surface area contributed by atoms with Crippen molar-refractivity contribution in [1.82, 2.24) is 10.6 Å². The van der Waals surface area contributed by atoms with E-state index in [2.05, 4.69) is 10.6 Å². The lowest BCUT2D eigenvalue weighted by Crippen LogP contribution is -2.53. The minimum Gasteiger partial charge on any atom is -0.481 e. The molecule has 0 aromatic carbocycles. The van der Waals surface area contributed by atoms with Crippen LogP contribution >= 0.6 is 0 Å². The Morgan fingerprint density at radius 3 is 1.95 bits per heavy atom. The van der Waals surface area contributed by atoms with Crippen LogP contribution in [0.3, 0.4) is 0 Å². The zero-order valence-electron chi connectivity index (χ0n) is 11.7. The van der Waals surface area contributed by atoms with E-state index in [0.717, 1.165) is 0 Å². The summed E-state index contributed by atoms with van der Waals surface area (Å²) in [4.78, 5) is 44.4. The van der Waals surface area contributed by atoms with Crippen LogP contribution in [0.15, 0.2) is 0 Å². The predicted octanol–water partition coefficient (Wildman–Crippen LogP) is -0.419. The second kappa shape index (κ2) is 8.13. The zero-order valence-corrected chi connectivity index (χ0v) is 11.7. The standard InChI is InChI=1S/C12H20N2O6/c1-6(2)10(13-7(3)15)11(18)14-8(12(19)20)4-5-9(16)17/h6,8,10H,4-5H2,1-3H3,(H,13,15)(H,14,18)(H,16,17)(H,19,20)/t8-,10+/m0/s1. The van der Waals surface area contributed by atoms with Crippen molar-refractivity contribution >= 4 is 23.8 Å². The van der Waals surface area contributed by atoms with Gasteiger partial charge in [0.15, 0.2) is 0 Å². The molecule has 0 unspecified atom stereocenters. The van der Waals surface area contributed by atoms with Gasteiger partial charge in [-0.1, -0.05) is 13.8 Å². The topological polar surface area (TPSA) is 133 Å². The molecule has 0 aliphatic rings. The van der Waals surface area contributed by atoms with E-state index in [9.17, 15) is 19.2 Å². The molecule has 0 bridgehead atoms. The summed E-state index contributed by atoms with van der Waals surface area (Å²) >= 11 is 0. The third kappa shape index (κ3) is 6.72. The highest BCUT2D eigenvalue weighted by Gasteiger charge is 2.28. The Bertz CT molecular complexity index is 393. The van der Waals surface area contributed by atoms with Crippen molar-refractivity contribution in [3.63, 3.8) is 0 Å². The fourth-order valence-electron chi connectivity index (χ4n) is 1.54. The maximum absolute atomic E-state index is 11.9. The van der Waals surface area contributed by atoms with Gasteiger partial charge in [0, 0.05) is 13.3 Å². The Kier molecular flexibility index (Phi) is 7.27. The second-order valence-corrected chi connectivity index (χ2v) is 4.75. The summed E-state index contributed by atoms with van der Waals surface area (Å²) in [5.41, 5.74) is 0. The van der Waals surface area contributed by atoms with E-state index in [1.54, 1.807) is 13.8 Å². The molecule has 0 aromatic heterocycles. The lowest BCUT2D eigenvalue weighted by molar-refractivity contribution is -0.143. The summed E-state index contributed by atoms with van der Waals surface area (Å²) in [6.45, 7) is 4.65. The predicted molar refractivity (Wildman–Crippen MR) is 68.9 cm³/mol. The first-order valence-corrected chi connectivity index (χ1v) is 6.17. The molecular formula is C12H20N2O6. The molecule has 2 atom stereocenters. The molecule has 0 rings (SSSR count). The number of carbonyl (C=O) groups is 4. The Morgan fingerprint density at radius 1 is 1.05 bits per heavy atom. The van der Waals surface area contributed by atoms with Gasteiger partial charge in [-0.3, -0.25) is 14.4 Å². The smallest absolute Gasteiger partial charge is 0.326 e. The fourth-order valence-corrected chi connectivity index (χ4v) is 1.54. The first kappa shape index (κ1) is 17.9. The van der Waals surface area contributed by atoms with Gasteiger partial charge in [0.2, 0.25) is 11.8 Å². The van der Waals surface area contributed by atoms with E-state index in [-0.39, 0.29) is 18.8 Å². The van der Waals surface area contributed by atoms with Crippen LogP contribution in [0.25, 0.3) is 0 Å². The molecule has 0 saturated heterocycles. The highest BCUT2D eigenvalue weighted by Crippen LogP contribution is 2.04. The summed E-state index contributed by atoms with van der Waals surface area (Å²) in [6.07, 6.45) is -0.592. The van der Waals surface area contributed by atoms with Gasteiger partial charge in [0.25, 0.3) is 0 Å². The summed E-state index contributed by atoms with van der Waals surface area (Å²) in [7, 11) is 0. The molecule has 4 N–H and O–H groups in total. The van der Waals surface area contributed by atoms with Crippen molar-refractivity contribution in [2.24, 2.45) is 5.92 Å². The van der Waals surface area contributed by atoms with Crippen LogP contribution in [-0.2, 0) is 19.2 Å². The highest BCUT2D eigenvalue weighted by molar-refractivity contribution is 5.90.